The summed E-state index contributed by atoms with van der Waals surface area (Å²) in [5.41, 5.74) is 13.0. The van der Waals surface area contributed by atoms with Gasteiger partial charge < -0.3 is 15.8 Å². The number of likely N-dealkylation sites (N-methyl/N-ethyl adjacent to an activating group) is 1. The van der Waals surface area contributed by atoms with E-state index in [1.807, 2.05) is 13.2 Å². The predicted octanol–water partition coefficient (Wildman–Crippen LogP) is 5.12. The van der Waals surface area contributed by atoms with Gasteiger partial charge in [0.1, 0.15) is 5.82 Å². The minimum Gasteiger partial charge on any atom is -0.383 e. The smallest absolute Gasteiger partial charge is 0.255 e. The van der Waals surface area contributed by atoms with Crippen molar-refractivity contribution >= 4 is 11.7 Å². The number of aromatic nitrogens is 3. The second-order valence-electron chi connectivity index (χ2n) is 12.9. The molecule has 2 aromatic carbocycles. The van der Waals surface area contributed by atoms with Gasteiger partial charge in [-0.05, 0) is 68.5 Å². The monoisotopic (exact) mass is 607 g/mol. The number of amides is 1. The normalized spacial score (nSPS) is 22.5. The van der Waals surface area contributed by atoms with Crippen LogP contribution in [-0.2, 0) is 24.9 Å². The summed E-state index contributed by atoms with van der Waals surface area (Å²) in [5.74, 6) is -0.0149. The van der Waals surface area contributed by atoms with E-state index in [1.54, 1.807) is 23.1 Å². The van der Waals surface area contributed by atoms with E-state index < -0.39 is 0 Å². The van der Waals surface area contributed by atoms with Gasteiger partial charge >= 0.3 is 0 Å². The van der Waals surface area contributed by atoms with Gasteiger partial charge in [0.25, 0.3) is 5.91 Å². The lowest BCUT2D eigenvalue weighted by Gasteiger charge is -2.42. The van der Waals surface area contributed by atoms with Crippen molar-refractivity contribution in [3.63, 3.8) is 0 Å². The molecule has 0 radical (unpaired) electrons. The van der Waals surface area contributed by atoms with Crippen LogP contribution in [0.4, 0.5) is 5.82 Å². The molecule has 3 N–H and O–H groups in total. The zero-order valence-corrected chi connectivity index (χ0v) is 26.8. The molecule has 0 bridgehead atoms. The Morgan fingerprint density at radius 1 is 0.911 bits per heavy atom. The molecular formula is C36H45N7O2. The van der Waals surface area contributed by atoms with Gasteiger partial charge in [0, 0.05) is 62.3 Å². The Morgan fingerprint density at radius 2 is 1.58 bits per heavy atom. The Bertz CT molecular complexity index is 1590. The lowest BCUT2D eigenvalue weighted by Crippen LogP contribution is -2.54. The highest BCUT2D eigenvalue weighted by atomic mass is 16.5. The van der Waals surface area contributed by atoms with Crippen molar-refractivity contribution < 1.29 is 9.53 Å². The van der Waals surface area contributed by atoms with Crippen molar-refractivity contribution in [2.75, 3.05) is 25.9 Å². The first kappa shape index (κ1) is 31.0. The summed E-state index contributed by atoms with van der Waals surface area (Å²) in [7, 11) is 4.08. The number of hydrogen-bond acceptors (Lipinski definition) is 7. The zero-order valence-electron chi connectivity index (χ0n) is 26.8. The van der Waals surface area contributed by atoms with Gasteiger partial charge in [0.2, 0.25) is 0 Å². The fraction of sp³-hybridized carbons (Fsp3) is 0.417. The molecule has 2 fully saturated rings. The van der Waals surface area contributed by atoms with Crippen LogP contribution in [0.3, 0.4) is 0 Å². The SMILES string of the molecule is CC1CN(Cc2ccc(-c3ccc(CO[C@H]4CCC[C@@H]4NC(=O)c4cc(-c5cnn(C)c5)cnc4N)cc3)cc2)CC(C)N1C. The summed E-state index contributed by atoms with van der Waals surface area (Å²) in [4.78, 5) is 22.5. The summed E-state index contributed by atoms with van der Waals surface area (Å²) in [5, 5.41) is 7.38. The van der Waals surface area contributed by atoms with Crippen LogP contribution in [0, 0.1) is 0 Å². The first-order chi connectivity index (χ1) is 21.7. The van der Waals surface area contributed by atoms with Crippen LogP contribution in [0.15, 0.2) is 73.2 Å². The van der Waals surface area contributed by atoms with Crippen molar-refractivity contribution in [1.82, 2.24) is 29.9 Å². The minimum absolute atomic E-state index is 0.0526. The number of benzene rings is 2. The molecule has 45 heavy (non-hydrogen) atoms. The molecule has 236 valence electrons. The van der Waals surface area contributed by atoms with Crippen molar-refractivity contribution in [3.05, 3.63) is 89.9 Å². The molecule has 1 aliphatic heterocycles. The number of nitrogen functional groups attached to an aromatic ring is 1. The largest absolute Gasteiger partial charge is 0.383 e. The Balaban J connectivity index is 1.02. The van der Waals surface area contributed by atoms with Crippen LogP contribution in [-0.4, -0.2) is 74.8 Å². The first-order valence-corrected chi connectivity index (χ1v) is 16.0. The lowest BCUT2D eigenvalue weighted by molar-refractivity contribution is 0.0272. The third-order valence-electron chi connectivity index (χ3n) is 9.52. The molecule has 2 aromatic heterocycles. The van der Waals surface area contributed by atoms with Crippen molar-refractivity contribution in [3.8, 4) is 22.3 Å². The van der Waals surface area contributed by atoms with Crippen molar-refractivity contribution in [2.45, 2.75) is 70.5 Å². The lowest BCUT2D eigenvalue weighted by atomic mass is 10.0. The number of nitrogens with zero attached hydrogens (tertiary/aromatic N) is 5. The maximum atomic E-state index is 13.2. The van der Waals surface area contributed by atoms with Crippen LogP contribution in [0.1, 0.15) is 54.6 Å². The fourth-order valence-electron chi connectivity index (χ4n) is 6.62. The van der Waals surface area contributed by atoms with E-state index in [4.69, 9.17) is 10.5 Å². The standard InChI is InChI=1S/C36H45N7O2/c1-24-19-43(20-25(2)42(24)4)21-26-8-12-28(13-9-26)29-14-10-27(11-15-29)23-45-34-7-5-6-33(34)40-36(44)32-16-30(17-38-35(32)37)31-18-39-41(3)22-31/h8-18,22,24-25,33-34H,5-7,19-21,23H2,1-4H3,(H2,37,38)(H,40,44)/t24?,25?,33-,34-/m0/s1. The predicted molar refractivity (Wildman–Crippen MR) is 178 cm³/mol. The Morgan fingerprint density at radius 3 is 2.22 bits per heavy atom. The highest BCUT2D eigenvalue weighted by molar-refractivity contribution is 5.99. The highest BCUT2D eigenvalue weighted by Crippen LogP contribution is 2.27. The van der Waals surface area contributed by atoms with Crippen LogP contribution in [0.2, 0.25) is 0 Å². The van der Waals surface area contributed by atoms with E-state index >= 15 is 0 Å². The molecular weight excluding hydrogens is 562 g/mol. The Kier molecular flexibility index (Phi) is 9.30. The molecule has 4 atom stereocenters. The van der Waals surface area contributed by atoms with Crippen LogP contribution >= 0.6 is 0 Å². The zero-order chi connectivity index (χ0) is 31.5. The number of carbonyl (C=O) groups excluding carboxylic acids is 1. The van der Waals surface area contributed by atoms with Gasteiger partial charge in [-0.15, -0.1) is 0 Å². The number of rotatable bonds is 9. The van der Waals surface area contributed by atoms with Crippen LogP contribution < -0.4 is 11.1 Å². The third-order valence-corrected chi connectivity index (χ3v) is 9.52. The van der Waals surface area contributed by atoms with Crippen molar-refractivity contribution in [1.29, 1.82) is 0 Å². The number of nitrogens with two attached hydrogens (primary N) is 1. The van der Waals surface area contributed by atoms with Crippen molar-refractivity contribution in [2.24, 2.45) is 7.05 Å². The van der Waals surface area contributed by atoms with E-state index in [1.165, 1.54) is 16.7 Å². The Hall–Kier alpha value is -4.05. The van der Waals surface area contributed by atoms with Crippen LogP contribution in [0.5, 0.6) is 0 Å². The molecule has 2 unspecified atom stereocenters. The maximum absolute atomic E-state index is 13.2. The molecule has 1 saturated heterocycles. The Labute approximate surface area is 266 Å². The molecule has 2 aliphatic rings. The van der Waals surface area contributed by atoms with E-state index in [0.29, 0.717) is 24.3 Å². The molecule has 9 heteroatoms. The molecule has 3 heterocycles. The fourth-order valence-corrected chi connectivity index (χ4v) is 6.62. The number of piperazine rings is 1. The van der Waals surface area contributed by atoms with Crippen LogP contribution in [0.25, 0.3) is 22.3 Å². The molecule has 6 rings (SSSR count). The number of nitrogens with one attached hydrogen (secondary N) is 1. The van der Waals surface area contributed by atoms with E-state index in [2.05, 4.69) is 94.6 Å². The minimum atomic E-state index is -0.228. The number of aryl methyl sites for hydroxylation is 1. The van der Waals surface area contributed by atoms with Gasteiger partial charge in [-0.3, -0.25) is 19.3 Å². The average Bonchev–Trinajstić information content (AvgIpc) is 3.68. The second kappa shape index (κ2) is 13.5. The summed E-state index contributed by atoms with van der Waals surface area (Å²) < 4.78 is 8.05. The molecule has 4 aromatic rings. The maximum Gasteiger partial charge on any atom is 0.255 e. The first-order valence-electron chi connectivity index (χ1n) is 16.0. The quantitative estimate of drug-likeness (QED) is 0.272. The van der Waals surface area contributed by atoms with E-state index in [9.17, 15) is 4.79 Å². The van der Waals surface area contributed by atoms with E-state index in [-0.39, 0.29) is 23.9 Å². The molecule has 1 amide bonds. The molecule has 1 aliphatic carbocycles. The highest BCUT2D eigenvalue weighted by Gasteiger charge is 2.30. The summed E-state index contributed by atoms with van der Waals surface area (Å²) in [6, 6.07) is 20.4. The number of ether oxygens (including phenoxy) is 1. The number of pyridine rings is 1. The third kappa shape index (κ3) is 7.27. The van der Waals surface area contributed by atoms with Gasteiger partial charge in [-0.2, -0.15) is 5.10 Å². The molecule has 1 saturated carbocycles. The molecule has 0 spiro atoms. The van der Waals surface area contributed by atoms with Gasteiger partial charge in [0.05, 0.1) is 30.5 Å². The van der Waals surface area contributed by atoms with E-state index in [0.717, 1.165) is 55.6 Å². The summed E-state index contributed by atoms with van der Waals surface area (Å²) in [6.45, 7) is 8.32. The second-order valence-corrected chi connectivity index (χ2v) is 12.9. The molecule has 9 nitrogen and oxygen atoms in total. The average molecular weight is 608 g/mol. The topological polar surface area (TPSA) is 102 Å². The summed E-state index contributed by atoms with van der Waals surface area (Å²) in [6.07, 6.45) is 8.02. The summed E-state index contributed by atoms with van der Waals surface area (Å²) >= 11 is 0. The number of carbonyl (C=O) groups is 1. The number of hydrogen-bond donors (Lipinski definition) is 2. The number of anilines is 1. The van der Waals surface area contributed by atoms with Gasteiger partial charge in [-0.1, -0.05) is 48.5 Å². The van der Waals surface area contributed by atoms with Gasteiger partial charge in [0.15, 0.2) is 0 Å². The van der Waals surface area contributed by atoms with Gasteiger partial charge in [-0.25, -0.2) is 4.98 Å².